The van der Waals surface area contributed by atoms with Crippen molar-refractivity contribution >= 4 is 24.2 Å². The molecule has 60 valence electrons. The van der Waals surface area contributed by atoms with E-state index in [1.807, 2.05) is 11.8 Å². The van der Waals surface area contributed by atoms with Crippen molar-refractivity contribution in [1.82, 2.24) is 5.32 Å². The third-order valence-electron chi connectivity index (χ3n) is 2.21. The van der Waals surface area contributed by atoms with E-state index in [1.54, 1.807) is 0 Å². The largest absolute Gasteiger partial charge is 0.395 e. The number of fused-ring (bicyclic) bond motifs is 2. The maximum atomic E-state index is 8.98. The number of aliphatic hydroxyl groups excluding tert-OH is 1. The predicted molar refractivity (Wildman–Crippen MR) is 45.9 cm³/mol. The monoisotopic (exact) mass is 181 g/mol. The molecule has 2 bridgehead atoms. The van der Waals surface area contributed by atoms with Crippen LogP contribution in [0.2, 0.25) is 0 Å². The van der Waals surface area contributed by atoms with Crippen LogP contribution in [0.1, 0.15) is 6.42 Å². The molecule has 2 aliphatic rings. The Morgan fingerprint density at radius 3 is 2.70 bits per heavy atom. The van der Waals surface area contributed by atoms with Crippen LogP contribution < -0.4 is 5.32 Å². The van der Waals surface area contributed by atoms with Crippen LogP contribution in [0.3, 0.4) is 0 Å². The molecule has 0 aromatic rings. The van der Waals surface area contributed by atoms with Crippen LogP contribution in [-0.4, -0.2) is 34.8 Å². The second-order valence-electron chi connectivity index (χ2n) is 2.93. The average Bonchev–Trinajstić information content (AvgIpc) is 2.46. The third-order valence-corrected chi connectivity index (χ3v) is 3.83. The van der Waals surface area contributed by atoms with Gasteiger partial charge in [-0.2, -0.15) is 0 Å². The molecule has 0 aromatic carbocycles. The summed E-state index contributed by atoms with van der Waals surface area (Å²) in [6.07, 6.45) is 1.17. The van der Waals surface area contributed by atoms with Crippen LogP contribution in [0.4, 0.5) is 0 Å². The highest BCUT2D eigenvalue weighted by atomic mass is 35.5. The molecule has 0 aromatic heterocycles. The Morgan fingerprint density at radius 1 is 1.70 bits per heavy atom. The third kappa shape index (κ3) is 1.16. The number of rotatable bonds is 1. The average molecular weight is 182 g/mol. The van der Waals surface area contributed by atoms with E-state index < -0.39 is 0 Å². The number of hydrogen-bond donors (Lipinski definition) is 2. The van der Waals surface area contributed by atoms with E-state index in [0.29, 0.717) is 12.6 Å². The summed E-state index contributed by atoms with van der Waals surface area (Å²) in [6.45, 7) is 1.36. The summed E-state index contributed by atoms with van der Waals surface area (Å²) in [5.74, 6) is 1.20. The minimum atomic E-state index is 0. The van der Waals surface area contributed by atoms with Gasteiger partial charge < -0.3 is 10.4 Å². The summed E-state index contributed by atoms with van der Waals surface area (Å²) >= 11 is 1.93. The zero-order valence-corrected chi connectivity index (χ0v) is 7.30. The Kier molecular flexibility index (Phi) is 2.50. The van der Waals surface area contributed by atoms with E-state index in [1.165, 1.54) is 12.2 Å². The molecule has 0 saturated carbocycles. The van der Waals surface area contributed by atoms with E-state index >= 15 is 0 Å². The molecule has 2 N–H and O–H groups in total. The van der Waals surface area contributed by atoms with Crippen LogP contribution in [0, 0.1) is 0 Å². The van der Waals surface area contributed by atoms with Gasteiger partial charge in [0.2, 0.25) is 0 Å². The molecular formula is C6H12ClNOS. The summed E-state index contributed by atoms with van der Waals surface area (Å²) in [5, 5.41) is 12.3. The van der Waals surface area contributed by atoms with Crippen molar-refractivity contribution < 1.29 is 5.11 Å². The topological polar surface area (TPSA) is 32.3 Å². The van der Waals surface area contributed by atoms with Crippen LogP contribution in [0.5, 0.6) is 0 Å². The van der Waals surface area contributed by atoms with E-state index in [4.69, 9.17) is 5.11 Å². The normalized spacial score (nSPS) is 43.5. The lowest BCUT2D eigenvalue weighted by Crippen LogP contribution is -2.35. The Bertz CT molecular complexity index is 125. The fraction of sp³-hybridized carbons (Fsp3) is 1.00. The SMILES string of the molecule is Cl.OC[C@@]12CN[C@@H](CS1)C2. The number of hydrogen-bond acceptors (Lipinski definition) is 3. The Hall–Kier alpha value is 0.560. The molecule has 10 heavy (non-hydrogen) atoms. The quantitative estimate of drug-likeness (QED) is 0.609. The summed E-state index contributed by atoms with van der Waals surface area (Å²) in [4.78, 5) is 0. The van der Waals surface area contributed by atoms with Gasteiger partial charge in [0.1, 0.15) is 0 Å². The molecular weight excluding hydrogens is 170 g/mol. The van der Waals surface area contributed by atoms with Crippen molar-refractivity contribution in [3.63, 3.8) is 0 Å². The molecule has 2 rings (SSSR count). The first kappa shape index (κ1) is 8.65. The van der Waals surface area contributed by atoms with Crippen molar-refractivity contribution in [2.45, 2.75) is 17.2 Å². The lowest BCUT2D eigenvalue weighted by Gasteiger charge is -2.22. The standard InChI is InChI=1S/C6H11NOS.ClH/c8-4-6-1-5(2-9-6)7-3-6;/h5,7-8H,1-4H2;1H/t5-,6-;/m1./s1. The molecule has 0 radical (unpaired) electrons. The first-order valence-electron chi connectivity index (χ1n) is 3.33. The van der Waals surface area contributed by atoms with Crippen molar-refractivity contribution in [2.75, 3.05) is 18.9 Å². The number of thioether (sulfide) groups is 1. The van der Waals surface area contributed by atoms with Crippen molar-refractivity contribution in [3.8, 4) is 0 Å². The van der Waals surface area contributed by atoms with Gasteiger partial charge in [0.15, 0.2) is 0 Å². The molecule has 4 heteroatoms. The lowest BCUT2D eigenvalue weighted by molar-refractivity contribution is 0.257. The maximum absolute atomic E-state index is 8.98. The second kappa shape index (κ2) is 2.89. The zero-order chi connectivity index (χ0) is 6.32. The molecule has 2 atom stereocenters. The molecule has 2 saturated heterocycles. The molecule has 2 heterocycles. The fourth-order valence-electron chi connectivity index (χ4n) is 1.60. The van der Waals surface area contributed by atoms with Gasteiger partial charge in [-0.05, 0) is 6.42 Å². The molecule has 2 aliphatic heterocycles. The van der Waals surface area contributed by atoms with Crippen LogP contribution >= 0.6 is 24.2 Å². The predicted octanol–water partition coefficient (Wildman–Crippen LogP) is 0.248. The smallest absolute Gasteiger partial charge is 0.0591 e. The molecule has 0 amide bonds. The Labute approximate surface area is 71.2 Å². The summed E-state index contributed by atoms with van der Waals surface area (Å²) in [7, 11) is 0. The second-order valence-corrected chi connectivity index (χ2v) is 4.42. The van der Waals surface area contributed by atoms with E-state index in [2.05, 4.69) is 5.32 Å². The Balaban J connectivity index is 0.000000500. The van der Waals surface area contributed by atoms with Crippen LogP contribution in [-0.2, 0) is 0 Å². The summed E-state index contributed by atoms with van der Waals surface area (Å²) < 4.78 is 0.213. The van der Waals surface area contributed by atoms with Crippen molar-refractivity contribution in [1.29, 1.82) is 0 Å². The zero-order valence-electron chi connectivity index (χ0n) is 5.67. The molecule has 0 aliphatic carbocycles. The van der Waals surface area contributed by atoms with Gasteiger partial charge in [-0.3, -0.25) is 0 Å². The minimum absolute atomic E-state index is 0. The van der Waals surface area contributed by atoms with Gasteiger partial charge in [-0.15, -0.1) is 24.2 Å². The molecule has 0 unspecified atom stereocenters. The first-order chi connectivity index (χ1) is 4.35. The van der Waals surface area contributed by atoms with Gasteiger partial charge >= 0.3 is 0 Å². The van der Waals surface area contributed by atoms with E-state index in [9.17, 15) is 0 Å². The van der Waals surface area contributed by atoms with E-state index in [-0.39, 0.29) is 17.2 Å². The van der Waals surface area contributed by atoms with Gasteiger partial charge in [0, 0.05) is 18.3 Å². The highest BCUT2D eigenvalue weighted by Gasteiger charge is 2.44. The highest BCUT2D eigenvalue weighted by Crippen LogP contribution is 2.41. The molecule has 2 nitrogen and oxygen atoms in total. The molecule has 2 fully saturated rings. The minimum Gasteiger partial charge on any atom is -0.395 e. The van der Waals surface area contributed by atoms with Crippen molar-refractivity contribution in [2.24, 2.45) is 0 Å². The first-order valence-corrected chi connectivity index (χ1v) is 4.31. The fourth-order valence-corrected chi connectivity index (χ4v) is 2.98. The number of halogens is 1. The summed E-state index contributed by atoms with van der Waals surface area (Å²) in [5.41, 5.74) is 0. The van der Waals surface area contributed by atoms with Gasteiger partial charge in [-0.25, -0.2) is 0 Å². The van der Waals surface area contributed by atoms with Gasteiger partial charge in [0.25, 0.3) is 0 Å². The van der Waals surface area contributed by atoms with Crippen LogP contribution in [0.15, 0.2) is 0 Å². The van der Waals surface area contributed by atoms with Gasteiger partial charge in [-0.1, -0.05) is 0 Å². The maximum Gasteiger partial charge on any atom is 0.0591 e. The number of nitrogens with one attached hydrogen (secondary N) is 1. The van der Waals surface area contributed by atoms with Gasteiger partial charge in [0.05, 0.1) is 11.4 Å². The lowest BCUT2D eigenvalue weighted by atomic mass is 10.1. The number of aliphatic hydroxyl groups is 1. The van der Waals surface area contributed by atoms with Crippen LogP contribution in [0.25, 0.3) is 0 Å². The van der Waals surface area contributed by atoms with Crippen molar-refractivity contribution in [3.05, 3.63) is 0 Å². The summed E-state index contributed by atoms with van der Waals surface area (Å²) in [6, 6.07) is 0.696. The Morgan fingerprint density at radius 2 is 2.50 bits per heavy atom. The van der Waals surface area contributed by atoms with E-state index in [0.717, 1.165) is 6.54 Å². The highest BCUT2D eigenvalue weighted by molar-refractivity contribution is 8.01. The molecule has 0 spiro atoms.